The molecule has 0 unspecified atom stereocenters. The van der Waals surface area contributed by atoms with Crippen molar-refractivity contribution in [2.75, 3.05) is 56.1 Å². The third-order valence-electron chi connectivity index (χ3n) is 5.32. The highest BCUT2D eigenvalue weighted by atomic mass is 15.3. The molecule has 0 radical (unpaired) electrons. The normalized spacial score (nSPS) is 18.0. The lowest BCUT2D eigenvalue weighted by Crippen LogP contribution is -2.48. The molecule has 0 saturated carbocycles. The van der Waals surface area contributed by atoms with E-state index < -0.39 is 0 Å². The summed E-state index contributed by atoms with van der Waals surface area (Å²) in [5, 5.41) is 9.28. The van der Waals surface area contributed by atoms with Gasteiger partial charge in [-0.25, -0.2) is 19.9 Å². The number of aryl methyl sites for hydroxylation is 1. The minimum absolute atomic E-state index is 0.390. The van der Waals surface area contributed by atoms with E-state index in [4.69, 9.17) is 9.97 Å². The second-order valence-electron chi connectivity index (χ2n) is 7.14. The zero-order valence-electron chi connectivity index (χ0n) is 15.9. The molecule has 27 heavy (non-hydrogen) atoms. The molecule has 2 aromatic heterocycles. The van der Waals surface area contributed by atoms with E-state index in [0.717, 1.165) is 63.8 Å². The van der Waals surface area contributed by atoms with E-state index in [-0.39, 0.29) is 0 Å². The van der Waals surface area contributed by atoms with Gasteiger partial charge in [-0.15, -0.1) is 0 Å². The fourth-order valence-electron chi connectivity index (χ4n) is 3.84. The van der Waals surface area contributed by atoms with Crippen molar-refractivity contribution in [1.82, 2.24) is 24.8 Å². The van der Waals surface area contributed by atoms with Crippen LogP contribution in [0.15, 0.2) is 12.4 Å². The van der Waals surface area contributed by atoms with E-state index in [0.29, 0.717) is 11.5 Å². The number of hydrogen-bond acceptors (Lipinski definition) is 8. The van der Waals surface area contributed by atoms with Gasteiger partial charge in [0, 0.05) is 63.6 Å². The molecule has 140 valence electrons. The van der Waals surface area contributed by atoms with Crippen LogP contribution in [0.4, 0.5) is 11.6 Å². The van der Waals surface area contributed by atoms with Gasteiger partial charge in [-0.1, -0.05) is 0 Å². The maximum absolute atomic E-state index is 9.28. The van der Waals surface area contributed by atoms with Gasteiger partial charge < -0.3 is 14.7 Å². The summed E-state index contributed by atoms with van der Waals surface area (Å²) in [7, 11) is 2.16. The first-order valence-electron chi connectivity index (χ1n) is 9.41. The highest BCUT2D eigenvalue weighted by Crippen LogP contribution is 2.26. The maximum Gasteiger partial charge on any atom is 0.183 e. The van der Waals surface area contributed by atoms with Crippen LogP contribution in [-0.2, 0) is 12.8 Å². The zero-order valence-corrected chi connectivity index (χ0v) is 15.9. The largest absolute Gasteiger partial charge is 0.353 e. The van der Waals surface area contributed by atoms with Gasteiger partial charge in [-0.05, 0) is 20.4 Å². The van der Waals surface area contributed by atoms with Gasteiger partial charge in [0.2, 0.25) is 0 Å². The summed E-state index contributed by atoms with van der Waals surface area (Å²) in [6.45, 7) is 7.35. The van der Waals surface area contributed by atoms with E-state index >= 15 is 0 Å². The number of anilines is 2. The van der Waals surface area contributed by atoms with E-state index in [2.05, 4.69) is 37.8 Å². The van der Waals surface area contributed by atoms with Crippen LogP contribution in [0.3, 0.4) is 0 Å². The Hall–Kier alpha value is -2.79. The first-order chi connectivity index (χ1) is 13.2. The molecule has 0 N–H and O–H groups in total. The highest BCUT2D eigenvalue weighted by molar-refractivity contribution is 5.54. The fraction of sp³-hybridized carbons (Fsp3) is 0.526. The van der Waals surface area contributed by atoms with Gasteiger partial charge in [0.25, 0.3) is 0 Å². The highest BCUT2D eigenvalue weighted by Gasteiger charge is 2.26. The van der Waals surface area contributed by atoms with Crippen molar-refractivity contribution < 1.29 is 0 Å². The second kappa shape index (κ2) is 7.45. The topological polar surface area (TPSA) is 85.1 Å². The molecule has 2 aliphatic rings. The van der Waals surface area contributed by atoms with Crippen LogP contribution in [0.2, 0.25) is 0 Å². The number of fused-ring (bicyclic) bond motifs is 1. The number of likely N-dealkylation sites (N-methyl/N-ethyl adjacent to an activating group) is 1. The summed E-state index contributed by atoms with van der Waals surface area (Å²) in [6.07, 6.45) is 5.18. The number of aromatic nitrogens is 4. The van der Waals surface area contributed by atoms with Gasteiger partial charge in [0.05, 0.1) is 5.69 Å². The number of nitriles is 1. The number of rotatable bonds is 2. The molecule has 4 rings (SSSR count). The average molecular weight is 364 g/mol. The summed E-state index contributed by atoms with van der Waals surface area (Å²) in [5.41, 5.74) is 2.89. The fourth-order valence-corrected chi connectivity index (χ4v) is 3.84. The van der Waals surface area contributed by atoms with Crippen molar-refractivity contribution in [2.45, 2.75) is 19.8 Å². The van der Waals surface area contributed by atoms with Gasteiger partial charge >= 0.3 is 0 Å². The monoisotopic (exact) mass is 364 g/mol. The van der Waals surface area contributed by atoms with Crippen LogP contribution in [0.25, 0.3) is 0 Å². The number of nitrogens with zero attached hydrogens (tertiary/aromatic N) is 8. The third kappa shape index (κ3) is 3.55. The Bertz CT molecular complexity index is 866. The molecular weight excluding hydrogens is 340 g/mol. The molecule has 1 fully saturated rings. The molecular formula is C19H24N8. The first-order valence-corrected chi connectivity index (χ1v) is 9.41. The Kier molecular flexibility index (Phi) is 4.86. The van der Waals surface area contributed by atoms with Crippen LogP contribution in [0.1, 0.15) is 22.8 Å². The molecule has 0 aromatic carbocycles. The third-order valence-corrected chi connectivity index (χ3v) is 5.32. The lowest BCUT2D eigenvalue weighted by Gasteiger charge is -2.37. The van der Waals surface area contributed by atoms with E-state index in [9.17, 15) is 5.26 Å². The predicted molar refractivity (Wildman–Crippen MR) is 103 cm³/mol. The van der Waals surface area contributed by atoms with Crippen molar-refractivity contribution in [3.8, 4) is 6.07 Å². The van der Waals surface area contributed by atoms with Crippen molar-refractivity contribution in [3.05, 3.63) is 35.2 Å². The van der Waals surface area contributed by atoms with E-state index in [1.54, 1.807) is 12.4 Å². The lowest BCUT2D eigenvalue weighted by molar-refractivity contribution is 0.352. The van der Waals surface area contributed by atoms with Crippen molar-refractivity contribution in [2.24, 2.45) is 0 Å². The second-order valence-corrected chi connectivity index (χ2v) is 7.14. The van der Waals surface area contributed by atoms with Crippen LogP contribution in [-0.4, -0.2) is 71.2 Å². The van der Waals surface area contributed by atoms with Crippen LogP contribution in [0.5, 0.6) is 0 Å². The lowest BCUT2D eigenvalue weighted by atomic mass is 10.1. The Morgan fingerprint density at radius 1 is 0.889 bits per heavy atom. The standard InChI is InChI=1S/C19H24N8/c1-14-23-16-4-8-25(2)7-3-15(16)18(24-14)26-9-11-27(12-10-26)19-17(13-20)21-5-6-22-19/h5-6H,3-4,7-12H2,1-2H3. The van der Waals surface area contributed by atoms with Crippen LogP contribution < -0.4 is 9.80 Å². The number of hydrogen-bond donors (Lipinski definition) is 0. The van der Waals surface area contributed by atoms with Gasteiger partial charge in [0.15, 0.2) is 11.5 Å². The summed E-state index contributed by atoms with van der Waals surface area (Å²) < 4.78 is 0. The molecule has 2 aromatic rings. The van der Waals surface area contributed by atoms with Crippen LogP contribution >= 0.6 is 0 Å². The van der Waals surface area contributed by atoms with E-state index in [1.807, 2.05) is 6.92 Å². The summed E-state index contributed by atoms with van der Waals surface area (Å²) >= 11 is 0. The first kappa shape index (κ1) is 17.6. The molecule has 4 heterocycles. The SMILES string of the molecule is Cc1nc2c(c(N3CCN(c4nccnc4C#N)CC3)n1)CCN(C)CC2. The van der Waals surface area contributed by atoms with E-state index in [1.165, 1.54) is 11.3 Å². The summed E-state index contributed by atoms with van der Waals surface area (Å²) in [4.78, 5) is 24.9. The Morgan fingerprint density at radius 3 is 2.30 bits per heavy atom. The quantitative estimate of drug-likeness (QED) is 0.774. The Morgan fingerprint density at radius 2 is 1.56 bits per heavy atom. The molecule has 8 nitrogen and oxygen atoms in total. The summed E-state index contributed by atoms with van der Waals surface area (Å²) in [5.74, 6) is 2.61. The van der Waals surface area contributed by atoms with Gasteiger partial charge in [-0.2, -0.15) is 5.26 Å². The molecule has 0 spiro atoms. The molecule has 1 saturated heterocycles. The molecule has 0 amide bonds. The Labute approximate surface area is 159 Å². The predicted octanol–water partition coefficient (Wildman–Crippen LogP) is 0.804. The molecule has 0 bridgehead atoms. The van der Waals surface area contributed by atoms with Gasteiger partial charge in [0.1, 0.15) is 17.7 Å². The Balaban J connectivity index is 1.55. The zero-order chi connectivity index (χ0) is 18.8. The smallest absolute Gasteiger partial charge is 0.183 e. The molecule has 0 atom stereocenters. The molecule has 2 aliphatic heterocycles. The minimum atomic E-state index is 0.390. The van der Waals surface area contributed by atoms with Crippen molar-refractivity contribution in [3.63, 3.8) is 0 Å². The van der Waals surface area contributed by atoms with Crippen molar-refractivity contribution >= 4 is 11.6 Å². The minimum Gasteiger partial charge on any atom is -0.353 e. The van der Waals surface area contributed by atoms with Crippen molar-refractivity contribution in [1.29, 1.82) is 5.26 Å². The number of piperazine rings is 1. The van der Waals surface area contributed by atoms with Crippen LogP contribution in [0, 0.1) is 18.3 Å². The average Bonchev–Trinajstić information content (AvgIpc) is 2.89. The molecule has 0 aliphatic carbocycles. The maximum atomic E-state index is 9.28. The molecule has 8 heteroatoms. The summed E-state index contributed by atoms with van der Waals surface area (Å²) in [6, 6.07) is 2.14. The van der Waals surface area contributed by atoms with Gasteiger partial charge in [-0.3, -0.25) is 0 Å².